The van der Waals surface area contributed by atoms with Crippen molar-refractivity contribution in [1.29, 1.82) is 0 Å². The maximum Gasteiger partial charge on any atom is 0.339 e. The largest absolute Gasteiger partial charge is 0.465 e. The predicted molar refractivity (Wildman–Crippen MR) is 125 cm³/mol. The Kier molecular flexibility index (Phi) is 6.54. The number of nitrogens with zero attached hydrogens (tertiary/aromatic N) is 3. The van der Waals surface area contributed by atoms with Crippen LogP contribution in [0.5, 0.6) is 0 Å². The van der Waals surface area contributed by atoms with Gasteiger partial charge in [0.25, 0.3) is 11.4 Å². The Hall–Kier alpha value is -4.60. The van der Waals surface area contributed by atoms with Gasteiger partial charge < -0.3 is 19.1 Å². The molecule has 0 unspecified atom stereocenters. The minimum atomic E-state index is -0.597. The van der Waals surface area contributed by atoms with Crippen molar-refractivity contribution in [3.63, 3.8) is 0 Å². The number of ether oxygens (including phenoxy) is 1. The Balaban J connectivity index is 1.64. The maximum atomic E-state index is 13.3. The molecule has 0 aliphatic heterocycles. The molecule has 0 aliphatic rings. The van der Waals surface area contributed by atoms with Crippen LogP contribution in [0.4, 0.5) is 10.1 Å². The molecular weight excluding hydrogens is 455 g/mol. The molecule has 0 atom stereocenters. The van der Waals surface area contributed by atoms with E-state index in [2.05, 4.69) is 15.5 Å². The van der Waals surface area contributed by atoms with Crippen molar-refractivity contribution in [2.45, 2.75) is 20.4 Å². The van der Waals surface area contributed by atoms with Crippen LogP contribution in [0.1, 0.15) is 21.6 Å². The monoisotopic (exact) mass is 476 g/mol. The molecule has 0 bridgehead atoms. The number of anilines is 1. The van der Waals surface area contributed by atoms with E-state index in [1.807, 2.05) is 0 Å². The molecule has 4 rings (SSSR count). The van der Waals surface area contributed by atoms with Crippen LogP contribution in [0.25, 0.3) is 22.8 Å². The van der Waals surface area contributed by atoms with E-state index in [-0.39, 0.29) is 35.1 Å². The van der Waals surface area contributed by atoms with Gasteiger partial charge in [0.1, 0.15) is 17.9 Å². The number of aryl methyl sites for hydroxylation is 2. The zero-order valence-corrected chi connectivity index (χ0v) is 19.2. The fourth-order valence-corrected chi connectivity index (χ4v) is 3.64. The number of hydrogen-bond acceptors (Lipinski definition) is 7. The molecule has 0 saturated carbocycles. The first-order valence-electron chi connectivity index (χ1n) is 10.6. The Morgan fingerprint density at radius 2 is 1.83 bits per heavy atom. The molecule has 0 aliphatic carbocycles. The van der Waals surface area contributed by atoms with Crippen LogP contribution in [-0.2, 0) is 16.1 Å². The Labute approximate surface area is 199 Å². The quantitative estimate of drug-likeness (QED) is 0.421. The number of esters is 1. The molecule has 2 aromatic heterocycles. The van der Waals surface area contributed by atoms with Gasteiger partial charge >= 0.3 is 5.97 Å². The maximum absolute atomic E-state index is 13.3. The summed E-state index contributed by atoms with van der Waals surface area (Å²) in [5.74, 6) is -1.33. The number of methoxy groups -OCH3 is 1. The highest BCUT2D eigenvalue weighted by Crippen LogP contribution is 2.23. The second-order valence-corrected chi connectivity index (χ2v) is 7.75. The molecule has 1 N–H and O–H groups in total. The lowest BCUT2D eigenvalue weighted by Gasteiger charge is -2.14. The number of amides is 1. The first kappa shape index (κ1) is 23.6. The lowest BCUT2D eigenvalue weighted by atomic mass is 10.1. The van der Waals surface area contributed by atoms with E-state index in [1.54, 1.807) is 38.1 Å². The van der Waals surface area contributed by atoms with Crippen molar-refractivity contribution >= 4 is 17.6 Å². The van der Waals surface area contributed by atoms with Crippen LogP contribution >= 0.6 is 0 Å². The highest BCUT2D eigenvalue weighted by Gasteiger charge is 2.21. The van der Waals surface area contributed by atoms with Crippen LogP contribution in [0.3, 0.4) is 0 Å². The number of carbonyl (C=O) groups excluding carboxylic acids is 2. The number of para-hydroxylation sites is 1. The highest BCUT2D eigenvalue weighted by molar-refractivity contribution is 6.01. The van der Waals surface area contributed by atoms with Crippen LogP contribution in [-0.4, -0.2) is 33.7 Å². The van der Waals surface area contributed by atoms with Gasteiger partial charge in [0, 0.05) is 11.3 Å². The van der Waals surface area contributed by atoms with Crippen molar-refractivity contribution < 1.29 is 23.2 Å². The third-order valence-electron chi connectivity index (χ3n) is 5.35. The summed E-state index contributed by atoms with van der Waals surface area (Å²) in [4.78, 5) is 42.4. The zero-order chi connectivity index (χ0) is 25.1. The Morgan fingerprint density at radius 3 is 2.54 bits per heavy atom. The number of halogens is 1. The van der Waals surface area contributed by atoms with Crippen molar-refractivity contribution in [2.24, 2.45) is 0 Å². The van der Waals surface area contributed by atoms with Crippen LogP contribution in [0.2, 0.25) is 0 Å². The average molecular weight is 476 g/mol. The molecule has 0 radical (unpaired) electrons. The summed E-state index contributed by atoms with van der Waals surface area (Å²) in [6.07, 6.45) is 0. The molecule has 2 aromatic carbocycles. The van der Waals surface area contributed by atoms with Gasteiger partial charge in [-0.25, -0.2) is 9.18 Å². The Bertz CT molecular complexity index is 1470. The van der Waals surface area contributed by atoms with Gasteiger partial charge in [-0.3, -0.25) is 9.59 Å². The number of carbonyl (C=O) groups is 2. The lowest BCUT2D eigenvalue weighted by molar-refractivity contribution is -0.116. The molecule has 9 nitrogen and oxygen atoms in total. The molecule has 178 valence electrons. The van der Waals surface area contributed by atoms with E-state index in [0.29, 0.717) is 16.8 Å². The zero-order valence-electron chi connectivity index (χ0n) is 19.2. The van der Waals surface area contributed by atoms with Gasteiger partial charge in [0.2, 0.25) is 11.7 Å². The number of rotatable bonds is 6. The standard InChI is InChI=1S/C25H21FN4O5/c1-14-12-15(2)30(13-20(31)27-19-7-5-4-6-18(19)25(33)34-3)24(32)21(14)23-28-22(29-35-23)16-8-10-17(26)11-9-16/h4-12H,13H2,1-3H3,(H,27,31). The lowest BCUT2D eigenvalue weighted by Crippen LogP contribution is -2.31. The summed E-state index contributed by atoms with van der Waals surface area (Å²) < 4.78 is 24.6. The van der Waals surface area contributed by atoms with E-state index in [0.717, 1.165) is 0 Å². The van der Waals surface area contributed by atoms with E-state index in [9.17, 15) is 18.8 Å². The molecule has 35 heavy (non-hydrogen) atoms. The van der Waals surface area contributed by atoms with E-state index < -0.39 is 23.3 Å². The SMILES string of the molecule is COC(=O)c1ccccc1NC(=O)Cn1c(C)cc(C)c(-c2nc(-c3ccc(F)cc3)no2)c1=O. The number of benzene rings is 2. The van der Waals surface area contributed by atoms with Crippen molar-refractivity contribution in [3.05, 3.63) is 87.6 Å². The average Bonchev–Trinajstić information content (AvgIpc) is 3.31. The van der Waals surface area contributed by atoms with Crippen molar-refractivity contribution in [3.8, 4) is 22.8 Å². The van der Waals surface area contributed by atoms with Crippen LogP contribution in [0, 0.1) is 19.7 Å². The molecule has 1 amide bonds. The van der Waals surface area contributed by atoms with Crippen LogP contribution < -0.4 is 10.9 Å². The normalized spacial score (nSPS) is 10.7. The highest BCUT2D eigenvalue weighted by atomic mass is 19.1. The van der Waals surface area contributed by atoms with Gasteiger partial charge in [-0.2, -0.15) is 4.98 Å². The summed E-state index contributed by atoms with van der Waals surface area (Å²) in [5.41, 5.74) is 1.78. The second-order valence-electron chi connectivity index (χ2n) is 7.75. The fourth-order valence-electron chi connectivity index (χ4n) is 3.64. The summed E-state index contributed by atoms with van der Waals surface area (Å²) in [6.45, 7) is 3.11. The molecule has 0 saturated heterocycles. The van der Waals surface area contributed by atoms with E-state index >= 15 is 0 Å². The molecule has 10 heteroatoms. The molecular formula is C25H21FN4O5. The minimum absolute atomic E-state index is 0.0166. The molecule has 0 spiro atoms. The summed E-state index contributed by atoms with van der Waals surface area (Å²) in [5, 5.41) is 6.55. The summed E-state index contributed by atoms with van der Waals surface area (Å²) >= 11 is 0. The number of aromatic nitrogens is 3. The van der Waals surface area contributed by atoms with Gasteiger partial charge in [-0.05, 0) is 61.9 Å². The van der Waals surface area contributed by atoms with E-state index in [1.165, 1.54) is 42.0 Å². The third kappa shape index (κ3) is 4.86. The van der Waals surface area contributed by atoms with Gasteiger partial charge in [-0.1, -0.05) is 17.3 Å². The Morgan fingerprint density at radius 1 is 1.11 bits per heavy atom. The first-order chi connectivity index (χ1) is 16.8. The number of nitrogens with one attached hydrogen (secondary N) is 1. The fraction of sp³-hybridized carbons (Fsp3) is 0.160. The third-order valence-corrected chi connectivity index (χ3v) is 5.35. The molecule has 0 fully saturated rings. The van der Waals surface area contributed by atoms with Gasteiger partial charge in [0.05, 0.1) is 18.4 Å². The minimum Gasteiger partial charge on any atom is -0.465 e. The molecule has 2 heterocycles. The summed E-state index contributed by atoms with van der Waals surface area (Å²) in [6, 6.07) is 13.7. The summed E-state index contributed by atoms with van der Waals surface area (Å²) in [7, 11) is 1.25. The van der Waals surface area contributed by atoms with Gasteiger partial charge in [-0.15, -0.1) is 0 Å². The molecule has 4 aromatic rings. The number of pyridine rings is 1. The number of hydrogen-bond donors (Lipinski definition) is 1. The topological polar surface area (TPSA) is 116 Å². The van der Waals surface area contributed by atoms with Gasteiger partial charge in [0.15, 0.2) is 0 Å². The second kappa shape index (κ2) is 9.72. The van der Waals surface area contributed by atoms with E-state index in [4.69, 9.17) is 9.26 Å². The van der Waals surface area contributed by atoms with Crippen molar-refractivity contribution in [1.82, 2.24) is 14.7 Å². The van der Waals surface area contributed by atoms with Crippen molar-refractivity contribution in [2.75, 3.05) is 12.4 Å². The first-order valence-corrected chi connectivity index (χ1v) is 10.6. The predicted octanol–water partition coefficient (Wildman–Crippen LogP) is 3.75. The van der Waals surface area contributed by atoms with Crippen LogP contribution in [0.15, 0.2) is 63.9 Å². The smallest absolute Gasteiger partial charge is 0.339 e.